The Morgan fingerprint density at radius 3 is 1.70 bits per heavy atom. The molecule has 0 N–H and O–H groups in total. The summed E-state index contributed by atoms with van der Waals surface area (Å²) < 4.78 is 4.42. The number of rotatable bonds is 1. The van der Waals surface area contributed by atoms with Crippen LogP contribution in [0.2, 0.25) is 0 Å². The van der Waals surface area contributed by atoms with E-state index in [1.54, 1.807) is 20.8 Å². The van der Waals surface area contributed by atoms with E-state index in [1.165, 1.54) is 6.47 Å². The first-order valence-electron chi connectivity index (χ1n) is 2.65. The molecule has 2 nitrogen and oxygen atoms in total. The van der Waals surface area contributed by atoms with Crippen molar-refractivity contribution >= 4 is 29.7 Å². The van der Waals surface area contributed by atoms with Crippen LogP contribution in [0, 0.1) is 0 Å². The van der Waals surface area contributed by atoms with Gasteiger partial charge in [-0.2, -0.15) is 0 Å². The molecule has 0 aromatic rings. The Kier molecular flexibility index (Phi) is 9.10. The van der Waals surface area contributed by atoms with Crippen LogP contribution >= 0.6 is 23.2 Å². The standard InChI is InChI=1S/C5H9O2.CH2Cl2/c1-5(2,3)7-4-6;2-1-3/h1-3H3;1H2. The average molecular weight is 186 g/mol. The first-order valence-corrected chi connectivity index (χ1v) is 3.72. The Morgan fingerprint density at radius 1 is 1.40 bits per heavy atom. The van der Waals surface area contributed by atoms with Crippen LogP contribution in [0.5, 0.6) is 0 Å². The third kappa shape index (κ3) is 24.4. The van der Waals surface area contributed by atoms with E-state index in [1.807, 2.05) is 0 Å². The molecule has 0 saturated heterocycles. The first kappa shape index (κ1) is 12.7. The van der Waals surface area contributed by atoms with Crippen molar-refractivity contribution in [3.63, 3.8) is 0 Å². The third-order valence-corrected chi connectivity index (χ3v) is 0.348. The molecule has 0 aliphatic heterocycles. The largest absolute Gasteiger partial charge is 0.452 e. The second kappa shape index (κ2) is 7.16. The van der Waals surface area contributed by atoms with Crippen LogP contribution in [0.1, 0.15) is 20.8 Å². The van der Waals surface area contributed by atoms with Crippen LogP contribution in [0.25, 0.3) is 0 Å². The topological polar surface area (TPSA) is 26.3 Å². The van der Waals surface area contributed by atoms with E-state index in [2.05, 4.69) is 4.74 Å². The Balaban J connectivity index is 0. The van der Waals surface area contributed by atoms with Crippen molar-refractivity contribution in [2.24, 2.45) is 0 Å². The molecule has 0 aromatic heterocycles. The molecule has 0 aliphatic carbocycles. The zero-order chi connectivity index (χ0) is 8.62. The Bertz CT molecular complexity index is 78.3. The number of ether oxygens (including phenoxy) is 1. The molecule has 0 atom stereocenters. The Labute approximate surface area is 71.5 Å². The molecular formula is C6H11Cl2O2. The summed E-state index contributed by atoms with van der Waals surface area (Å²) in [6, 6.07) is 0. The van der Waals surface area contributed by atoms with E-state index < -0.39 is 0 Å². The van der Waals surface area contributed by atoms with Gasteiger partial charge in [0, 0.05) is 0 Å². The Hall–Kier alpha value is 0.0500. The van der Waals surface area contributed by atoms with Gasteiger partial charge < -0.3 is 4.74 Å². The van der Waals surface area contributed by atoms with E-state index in [0.717, 1.165) is 0 Å². The lowest BCUT2D eigenvalue weighted by Crippen LogP contribution is -2.17. The minimum Gasteiger partial charge on any atom is -0.452 e. The highest BCUT2D eigenvalue weighted by atomic mass is 35.5. The van der Waals surface area contributed by atoms with Gasteiger partial charge in [0.2, 0.25) is 0 Å². The highest BCUT2D eigenvalue weighted by Gasteiger charge is 2.08. The van der Waals surface area contributed by atoms with Gasteiger partial charge in [0.25, 0.3) is 0 Å². The van der Waals surface area contributed by atoms with Gasteiger partial charge in [0.15, 0.2) is 0 Å². The van der Waals surface area contributed by atoms with Gasteiger partial charge in [-0.15, -0.1) is 23.2 Å². The van der Waals surface area contributed by atoms with Gasteiger partial charge in [-0.25, -0.2) is 4.79 Å². The van der Waals surface area contributed by atoms with Gasteiger partial charge in [0.1, 0.15) is 5.60 Å². The molecule has 0 aliphatic rings. The van der Waals surface area contributed by atoms with E-state index in [-0.39, 0.29) is 10.9 Å². The number of halogens is 2. The number of hydrogen-bond acceptors (Lipinski definition) is 2. The molecule has 0 saturated carbocycles. The maximum Gasteiger partial charge on any atom is 0.418 e. The molecular weight excluding hydrogens is 175 g/mol. The van der Waals surface area contributed by atoms with Crippen LogP contribution in [0.4, 0.5) is 0 Å². The molecule has 61 valence electrons. The summed E-state index contributed by atoms with van der Waals surface area (Å²) in [5.41, 5.74) is -0.373. The van der Waals surface area contributed by atoms with Crippen LogP contribution < -0.4 is 0 Å². The number of hydrogen-bond donors (Lipinski definition) is 0. The molecule has 0 rings (SSSR count). The van der Waals surface area contributed by atoms with Crippen molar-refractivity contribution in [1.82, 2.24) is 0 Å². The summed E-state index contributed by atoms with van der Waals surface area (Å²) >= 11 is 9.53. The smallest absolute Gasteiger partial charge is 0.418 e. The molecule has 0 spiro atoms. The number of carbonyl (C=O) groups excluding carboxylic acids is 1. The molecule has 0 heterocycles. The summed E-state index contributed by atoms with van der Waals surface area (Å²) in [5, 5.41) is 0.194. The molecule has 4 heteroatoms. The van der Waals surface area contributed by atoms with Gasteiger partial charge >= 0.3 is 6.47 Å². The quantitative estimate of drug-likeness (QED) is 0.587. The van der Waals surface area contributed by atoms with E-state index in [9.17, 15) is 4.79 Å². The van der Waals surface area contributed by atoms with Crippen molar-refractivity contribution in [3.05, 3.63) is 0 Å². The molecule has 0 unspecified atom stereocenters. The normalized spacial score (nSPS) is 9.30. The summed E-state index contributed by atoms with van der Waals surface area (Å²) in [5.74, 6) is 0. The predicted molar refractivity (Wildman–Crippen MR) is 43.1 cm³/mol. The summed E-state index contributed by atoms with van der Waals surface area (Å²) in [6.45, 7) is 6.73. The molecule has 1 radical (unpaired) electrons. The fraction of sp³-hybridized carbons (Fsp3) is 0.833. The zero-order valence-corrected chi connectivity index (χ0v) is 7.79. The van der Waals surface area contributed by atoms with E-state index in [4.69, 9.17) is 23.2 Å². The maximum atomic E-state index is 9.47. The van der Waals surface area contributed by atoms with Gasteiger partial charge in [0.05, 0.1) is 5.34 Å². The fourth-order valence-corrected chi connectivity index (χ4v) is 0.125. The molecule has 0 amide bonds. The highest BCUT2D eigenvalue weighted by Crippen LogP contribution is 2.02. The van der Waals surface area contributed by atoms with Gasteiger partial charge in [-0.05, 0) is 20.8 Å². The first-order chi connectivity index (χ1) is 4.47. The van der Waals surface area contributed by atoms with Crippen molar-refractivity contribution < 1.29 is 9.53 Å². The van der Waals surface area contributed by atoms with Crippen LogP contribution in [-0.4, -0.2) is 17.4 Å². The lowest BCUT2D eigenvalue weighted by Gasteiger charge is -2.13. The molecule has 0 bridgehead atoms. The number of alkyl halides is 2. The minimum atomic E-state index is -0.373. The van der Waals surface area contributed by atoms with Crippen LogP contribution in [0.3, 0.4) is 0 Å². The molecule has 10 heavy (non-hydrogen) atoms. The second-order valence-corrected chi connectivity index (χ2v) is 3.21. The second-order valence-electron chi connectivity index (χ2n) is 2.40. The lowest BCUT2D eigenvalue weighted by molar-refractivity contribution is 0.109. The lowest BCUT2D eigenvalue weighted by atomic mass is 10.2. The van der Waals surface area contributed by atoms with E-state index >= 15 is 0 Å². The van der Waals surface area contributed by atoms with Crippen molar-refractivity contribution in [3.8, 4) is 0 Å². The SMILES string of the molecule is CC(C)(C)O[C]=O.ClCCl. The fourth-order valence-electron chi connectivity index (χ4n) is 0.125. The minimum absolute atomic E-state index is 0.194. The predicted octanol–water partition coefficient (Wildman–Crippen LogP) is 2.29. The Morgan fingerprint density at radius 2 is 1.70 bits per heavy atom. The summed E-state index contributed by atoms with van der Waals surface area (Å²) in [4.78, 5) is 9.47. The summed E-state index contributed by atoms with van der Waals surface area (Å²) in [7, 11) is 0. The zero-order valence-electron chi connectivity index (χ0n) is 6.28. The van der Waals surface area contributed by atoms with Crippen molar-refractivity contribution in [2.45, 2.75) is 26.4 Å². The average Bonchev–Trinajstić information content (AvgIpc) is 1.63. The maximum absolute atomic E-state index is 9.47. The van der Waals surface area contributed by atoms with E-state index in [0.29, 0.717) is 0 Å². The monoisotopic (exact) mass is 185 g/mol. The van der Waals surface area contributed by atoms with Crippen LogP contribution in [0.15, 0.2) is 0 Å². The third-order valence-electron chi connectivity index (χ3n) is 0.348. The highest BCUT2D eigenvalue weighted by molar-refractivity contribution is 6.40. The van der Waals surface area contributed by atoms with Crippen LogP contribution in [-0.2, 0) is 9.53 Å². The van der Waals surface area contributed by atoms with Crippen molar-refractivity contribution in [1.29, 1.82) is 0 Å². The van der Waals surface area contributed by atoms with Crippen molar-refractivity contribution in [2.75, 3.05) is 5.34 Å². The molecule has 0 fully saturated rings. The van der Waals surface area contributed by atoms with Gasteiger partial charge in [-0.3, -0.25) is 0 Å². The molecule has 0 aromatic carbocycles. The van der Waals surface area contributed by atoms with Gasteiger partial charge in [-0.1, -0.05) is 0 Å². The summed E-state index contributed by atoms with van der Waals surface area (Å²) in [6.07, 6.45) is 0.